The van der Waals surface area contributed by atoms with E-state index in [0.717, 1.165) is 49.4 Å². The molecule has 2 aromatic rings. The zero-order valence-electron chi connectivity index (χ0n) is 17.7. The maximum Gasteiger partial charge on any atom is 0.142 e. The van der Waals surface area contributed by atoms with Crippen LogP contribution in [0.1, 0.15) is 23.1 Å². The van der Waals surface area contributed by atoms with Gasteiger partial charge in [0.25, 0.3) is 0 Å². The lowest BCUT2D eigenvalue weighted by molar-refractivity contribution is 0.269. The molecule has 1 N–H and O–H groups in total. The van der Waals surface area contributed by atoms with Gasteiger partial charge in [0.1, 0.15) is 7.29 Å². The van der Waals surface area contributed by atoms with Gasteiger partial charge in [0.2, 0.25) is 0 Å². The van der Waals surface area contributed by atoms with Crippen molar-refractivity contribution in [3.63, 3.8) is 0 Å². The molecule has 6 heteroatoms. The topological polar surface area (TPSA) is 59.4 Å². The Morgan fingerprint density at radius 2 is 1.76 bits per heavy atom. The zero-order chi connectivity index (χ0) is 20.9. The number of hydrogen-bond donors (Lipinski definition) is 1. The smallest absolute Gasteiger partial charge is 0.142 e. The van der Waals surface area contributed by atoms with Crippen molar-refractivity contribution in [3.8, 4) is 17.2 Å². The molecule has 0 radical (unpaired) electrons. The second-order valence-electron chi connectivity index (χ2n) is 8.31. The molecule has 1 saturated heterocycles. The molecule has 0 atom stereocenters. The molecule has 0 unspecified atom stereocenters. The highest BCUT2D eigenvalue weighted by atomic mass is 31.2. The van der Waals surface area contributed by atoms with Crippen LogP contribution in [-0.2, 0) is 17.7 Å². The van der Waals surface area contributed by atoms with E-state index in [1.165, 1.54) is 12.0 Å². The Morgan fingerprint density at radius 1 is 1.03 bits per heavy atom. The molecule has 29 heavy (non-hydrogen) atoms. The number of nitrogens with one attached hydrogen (secondary N) is 1. The minimum Gasteiger partial charge on any atom is -0.307 e. The summed E-state index contributed by atoms with van der Waals surface area (Å²) >= 11 is 0. The maximum atomic E-state index is 11.8. The third-order valence-corrected chi connectivity index (χ3v) is 6.27. The Morgan fingerprint density at radius 3 is 2.45 bits per heavy atom. The summed E-state index contributed by atoms with van der Waals surface area (Å²) in [5.74, 6) is 0. The van der Waals surface area contributed by atoms with Crippen molar-refractivity contribution in [3.05, 3.63) is 59.2 Å². The molecule has 0 saturated carbocycles. The summed E-state index contributed by atoms with van der Waals surface area (Å²) < 4.78 is 11.8. The van der Waals surface area contributed by atoms with E-state index in [1.807, 2.05) is 30.3 Å². The molecule has 0 amide bonds. The fraction of sp³-hybridized carbons (Fsp3) is 0.435. The fourth-order valence-electron chi connectivity index (χ4n) is 3.63. The van der Waals surface area contributed by atoms with Crippen LogP contribution in [0.15, 0.2) is 42.5 Å². The minimum atomic E-state index is -2.24. The fourth-order valence-corrected chi connectivity index (χ4v) is 4.20. The van der Waals surface area contributed by atoms with E-state index in [-0.39, 0.29) is 0 Å². The van der Waals surface area contributed by atoms with E-state index in [4.69, 9.17) is 0 Å². The van der Waals surface area contributed by atoms with Crippen LogP contribution in [0.4, 0.5) is 0 Å². The highest BCUT2D eigenvalue weighted by molar-refractivity contribution is 7.60. The molecule has 2 aromatic carbocycles. The van der Waals surface area contributed by atoms with E-state index in [2.05, 4.69) is 40.1 Å². The standard InChI is InChI=1S/C23H31N4OP/c1-26-11-4-12-27(14-13-26)18-20-7-10-23(22(15-20)16-24)21-8-5-19(6-9-21)17-25-29(2,3)28/h5-10,15H,4,11-14,17-18H2,1-3H3,(H,25,28). The normalized spacial score (nSPS) is 16.3. The molecule has 5 nitrogen and oxygen atoms in total. The van der Waals surface area contributed by atoms with Crippen LogP contribution in [0.25, 0.3) is 11.1 Å². The Hall–Kier alpha value is -1.96. The molecule has 0 spiro atoms. The van der Waals surface area contributed by atoms with Gasteiger partial charge in [0.05, 0.1) is 11.6 Å². The van der Waals surface area contributed by atoms with Gasteiger partial charge in [-0.2, -0.15) is 5.26 Å². The number of nitrogens with zero attached hydrogens (tertiary/aromatic N) is 3. The number of likely N-dealkylation sites (N-methyl/N-ethyl adjacent to an activating group) is 1. The average molecular weight is 411 g/mol. The lowest BCUT2D eigenvalue weighted by Gasteiger charge is -2.20. The Balaban J connectivity index is 1.72. The summed E-state index contributed by atoms with van der Waals surface area (Å²) in [6.45, 7) is 9.34. The van der Waals surface area contributed by atoms with Crippen molar-refractivity contribution >= 4 is 7.29 Å². The summed E-state index contributed by atoms with van der Waals surface area (Å²) in [5.41, 5.74) is 4.98. The van der Waals surface area contributed by atoms with Crippen molar-refractivity contribution in [1.29, 1.82) is 5.26 Å². The average Bonchev–Trinajstić information content (AvgIpc) is 2.90. The molecular formula is C23H31N4OP. The third kappa shape index (κ3) is 6.52. The van der Waals surface area contributed by atoms with Gasteiger partial charge in [-0.25, -0.2) is 0 Å². The third-order valence-electron chi connectivity index (χ3n) is 5.35. The molecule has 154 valence electrons. The molecule has 3 rings (SSSR count). The van der Waals surface area contributed by atoms with Crippen molar-refractivity contribution in [2.24, 2.45) is 0 Å². The van der Waals surface area contributed by atoms with Crippen LogP contribution in [0.2, 0.25) is 0 Å². The van der Waals surface area contributed by atoms with Gasteiger partial charge < -0.3 is 9.46 Å². The van der Waals surface area contributed by atoms with E-state index in [1.54, 1.807) is 13.3 Å². The number of benzene rings is 2. The van der Waals surface area contributed by atoms with E-state index in [0.29, 0.717) is 12.1 Å². The monoisotopic (exact) mass is 410 g/mol. The van der Waals surface area contributed by atoms with Crippen LogP contribution in [0.5, 0.6) is 0 Å². The largest absolute Gasteiger partial charge is 0.307 e. The Kier molecular flexibility index (Phi) is 7.27. The van der Waals surface area contributed by atoms with Crippen LogP contribution >= 0.6 is 7.29 Å². The first-order valence-corrected chi connectivity index (χ1v) is 12.8. The van der Waals surface area contributed by atoms with Crippen molar-refractivity contribution in [2.75, 3.05) is 46.6 Å². The molecule has 1 heterocycles. The van der Waals surface area contributed by atoms with Gasteiger partial charge in [-0.3, -0.25) is 9.99 Å². The summed E-state index contributed by atoms with van der Waals surface area (Å²) in [5, 5.41) is 12.8. The van der Waals surface area contributed by atoms with Crippen LogP contribution < -0.4 is 5.09 Å². The lowest BCUT2D eigenvalue weighted by atomic mass is 9.97. The quantitative estimate of drug-likeness (QED) is 0.730. The molecule has 0 aromatic heterocycles. The lowest BCUT2D eigenvalue weighted by Crippen LogP contribution is -2.28. The van der Waals surface area contributed by atoms with Crippen LogP contribution in [-0.4, -0.2) is 56.4 Å². The molecule has 1 aliphatic heterocycles. The van der Waals surface area contributed by atoms with E-state index < -0.39 is 7.29 Å². The number of nitriles is 1. The van der Waals surface area contributed by atoms with Crippen LogP contribution in [0.3, 0.4) is 0 Å². The summed E-state index contributed by atoms with van der Waals surface area (Å²) in [6.07, 6.45) is 1.19. The van der Waals surface area contributed by atoms with Crippen molar-refractivity contribution < 1.29 is 4.57 Å². The van der Waals surface area contributed by atoms with Gasteiger partial charge in [-0.1, -0.05) is 36.4 Å². The Bertz CT molecular complexity index is 913. The minimum absolute atomic E-state index is 0.583. The van der Waals surface area contributed by atoms with Gasteiger partial charge in [-0.15, -0.1) is 0 Å². The number of rotatable bonds is 6. The highest BCUT2D eigenvalue weighted by Gasteiger charge is 2.14. The van der Waals surface area contributed by atoms with Gasteiger partial charge in [-0.05, 0) is 54.9 Å². The zero-order valence-corrected chi connectivity index (χ0v) is 18.6. The van der Waals surface area contributed by atoms with Gasteiger partial charge in [0, 0.05) is 39.5 Å². The first kappa shape index (κ1) is 21.7. The predicted octanol–water partition coefficient (Wildman–Crippen LogP) is 3.99. The second-order valence-corrected chi connectivity index (χ2v) is 11.3. The van der Waals surface area contributed by atoms with E-state index >= 15 is 0 Å². The number of hydrogen-bond acceptors (Lipinski definition) is 4. The Labute approximate surface area is 174 Å². The summed E-state index contributed by atoms with van der Waals surface area (Å²) in [4.78, 5) is 4.85. The highest BCUT2D eigenvalue weighted by Crippen LogP contribution is 2.30. The first-order valence-electron chi connectivity index (χ1n) is 10.2. The predicted molar refractivity (Wildman–Crippen MR) is 120 cm³/mol. The second kappa shape index (κ2) is 9.69. The molecule has 0 bridgehead atoms. The van der Waals surface area contributed by atoms with Crippen molar-refractivity contribution in [2.45, 2.75) is 19.5 Å². The van der Waals surface area contributed by atoms with Gasteiger partial charge in [0.15, 0.2) is 0 Å². The molecule has 1 aliphatic rings. The SMILES string of the molecule is CN1CCCN(Cc2ccc(-c3ccc(CNP(C)(C)=O)cc3)c(C#N)c2)CC1. The van der Waals surface area contributed by atoms with Crippen molar-refractivity contribution in [1.82, 2.24) is 14.9 Å². The molecule has 0 aliphatic carbocycles. The molecule has 1 fully saturated rings. The summed E-state index contributed by atoms with van der Waals surface area (Å²) in [7, 11) is -0.0636. The van der Waals surface area contributed by atoms with Gasteiger partial charge >= 0.3 is 0 Å². The first-order chi connectivity index (χ1) is 13.8. The summed E-state index contributed by atoms with van der Waals surface area (Å²) in [6, 6.07) is 16.7. The van der Waals surface area contributed by atoms with E-state index in [9.17, 15) is 9.83 Å². The maximum absolute atomic E-state index is 11.8. The van der Waals surface area contributed by atoms with Crippen LogP contribution in [0, 0.1) is 11.3 Å². The molecular weight excluding hydrogens is 379 g/mol.